The minimum absolute atomic E-state index is 0.198. The predicted molar refractivity (Wildman–Crippen MR) is 122 cm³/mol. The first-order valence-electron chi connectivity index (χ1n) is 10.1. The number of carboxylic acid groups (broad SMARTS) is 1. The van der Waals surface area contributed by atoms with Crippen LogP contribution in [0.5, 0.6) is 0 Å². The van der Waals surface area contributed by atoms with E-state index >= 15 is 0 Å². The highest BCUT2D eigenvalue weighted by Crippen LogP contribution is 2.28. The normalized spacial score (nSPS) is 11.2. The number of hydrogen-bond donors (Lipinski definition) is 1. The molecule has 0 saturated carbocycles. The SMILES string of the molecule is Cc1c(C[NH2+]Cc2ccc(C(=O)[O-])cc2)c2ccccc2n1Cc1ccc(Cl)cc1Cl. The molecule has 4 rings (SSSR count). The molecule has 0 unspecified atom stereocenters. The summed E-state index contributed by atoms with van der Waals surface area (Å²) < 4.78 is 2.29. The lowest BCUT2D eigenvalue weighted by Gasteiger charge is -2.11. The van der Waals surface area contributed by atoms with Crippen LogP contribution in [0.15, 0.2) is 66.7 Å². The van der Waals surface area contributed by atoms with E-state index in [1.807, 2.05) is 30.3 Å². The second-order valence-electron chi connectivity index (χ2n) is 7.58. The van der Waals surface area contributed by atoms with Gasteiger partial charge in [0.15, 0.2) is 0 Å². The highest BCUT2D eigenvalue weighted by molar-refractivity contribution is 6.35. The number of rotatable bonds is 7. The number of quaternary nitrogens is 1. The summed E-state index contributed by atoms with van der Waals surface area (Å²) in [5, 5.41) is 15.7. The first-order valence-corrected chi connectivity index (χ1v) is 10.8. The molecule has 0 fully saturated rings. The molecule has 6 heteroatoms. The topological polar surface area (TPSA) is 61.7 Å². The molecule has 0 amide bonds. The Morgan fingerprint density at radius 3 is 2.45 bits per heavy atom. The lowest BCUT2D eigenvalue weighted by Crippen LogP contribution is -2.80. The summed E-state index contributed by atoms with van der Waals surface area (Å²) in [7, 11) is 0. The number of aromatic nitrogens is 1. The van der Waals surface area contributed by atoms with Gasteiger partial charge in [-0.1, -0.05) is 71.7 Å². The zero-order valence-electron chi connectivity index (χ0n) is 17.1. The van der Waals surface area contributed by atoms with Crippen LogP contribution in [0.1, 0.15) is 32.7 Å². The van der Waals surface area contributed by atoms with Crippen molar-refractivity contribution in [2.45, 2.75) is 26.6 Å². The maximum atomic E-state index is 10.9. The molecule has 0 aliphatic heterocycles. The number of para-hydroxylation sites is 1. The second-order valence-corrected chi connectivity index (χ2v) is 8.43. The fourth-order valence-electron chi connectivity index (χ4n) is 3.94. The van der Waals surface area contributed by atoms with E-state index in [0.29, 0.717) is 16.6 Å². The predicted octanol–water partition coefficient (Wildman–Crippen LogP) is 3.93. The number of benzene rings is 3. The van der Waals surface area contributed by atoms with Crippen LogP contribution < -0.4 is 10.4 Å². The largest absolute Gasteiger partial charge is 0.545 e. The van der Waals surface area contributed by atoms with E-state index in [4.69, 9.17) is 23.2 Å². The van der Waals surface area contributed by atoms with Gasteiger partial charge >= 0.3 is 0 Å². The summed E-state index contributed by atoms with van der Waals surface area (Å²) in [5.41, 5.74) is 5.96. The summed E-state index contributed by atoms with van der Waals surface area (Å²) in [6.07, 6.45) is 0. The number of carbonyl (C=O) groups is 1. The van der Waals surface area contributed by atoms with Gasteiger partial charge in [-0.25, -0.2) is 0 Å². The Kier molecular flexibility index (Phi) is 6.33. The van der Waals surface area contributed by atoms with E-state index in [-0.39, 0.29) is 5.56 Å². The number of halogens is 2. The number of fused-ring (bicyclic) bond motifs is 1. The van der Waals surface area contributed by atoms with E-state index in [0.717, 1.165) is 24.2 Å². The minimum atomic E-state index is -1.15. The van der Waals surface area contributed by atoms with E-state index in [2.05, 4.69) is 35.0 Å². The van der Waals surface area contributed by atoms with Gasteiger partial charge in [-0.05, 0) is 36.2 Å². The Morgan fingerprint density at radius 1 is 1.00 bits per heavy atom. The number of hydrogen-bond acceptors (Lipinski definition) is 2. The fraction of sp³-hybridized carbons (Fsp3) is 0.160. The van der Waals surface area contributed by atoms with Crippen LogP contribution in [-0.4, -0.2) is 10.5 Å². The van der Waals surface area contributed by atoms with Crippen molar-refractivity contribution in [1.29, 1.82) is 0 Å². The quantitative estimate of drug-likeness (QED) is 0.461. The number of nitrogens with two attached hydrogens (primary N) is 1. The number of carbonyl (C=O) groups excluding carboxylic acids is 1. The Hall–Kier alpha value is -2.79. The Morgan fingerprint density at radius 2 is 1.74 bits per heavy atom. The molecule has 0 aliphatic rings. The Bertz CT molecular complexity index is 1250. The van der Waals surface area contributed by atoms with Gasteiger partial charge in [0.05, 0.1) is 5.97 Å². The van der Waals surface area contributed by atoms with Crippen LogP contribution in [0.2, 0.25) is 10.0 Å². The molecule has 3 aromatic carbocycles. The van der Waals surface area contributed by atoms with E-state index in [1.54, 1.807) is 18.2 Å². The molecule has 2 N–H and O–H groups in total. The molecule has 4 nitrogen and oxygen atoms in total. The van der Waals surface area contributed by atoms with Gasteiger partial charge in [0.25, 0.3) is 0 Å². The van der Waals surface area contributed by atoms with Gasteiger partial charge < -0.3 is 19.8 Å². The van der Waals surface area contributed by atoms with Crippen LogP contribution in [0.3, 0.4) is 0 Å². The maximum Gasteiger partial charge on any atom is 0.104 e. The summed E-state index contributed by atoms with van der Waals surface area (Å²) >= 11 is 12.5. The highest BCUT2D eigenvalue weighted by atomic mass is 35.5. The summed E-state index contributed by atoms with van der Waals surface area (Å²) in [6.45, 7) is 4.39. The smallest absolute Gasteiger partial charge is 0.104 e. The average molecular weight is 453 g/mol. The molecule has 0 radical (unpaired) electrons. The molecule has 31 heavy (non-hydrogen) atoms. The molecule has 0 bridgehead atoms. The van der Waals surface area contributed by atoms with Crippen molar-refractivity contribution in [3.8, 4) is 0 Å². The first-order chi connectivity index (χ1) is 14.9. The highest BCUT2D eigenvalue weighted by Gasteiger charge is 2.16. The monoisotopic (exact) mass is 452 g/mol. The molecule has 0 saturated heterocycles. The van der Waals surface area contributed by atoms with Crippen molar-refractivity contribution in [1.82, 2.24) is 4.57 Å². The summed E-state index contributed by atoms with van der Waals surface area (Å²) in [6, 6.07) is 20.9. The van der Waals surface area contributed by atoms with Crippen LogP contribution in [0, 0.1) is 6.92 Å². The van der Waals surface area contributed by atoms with Gasteiger partial charge in [-0.15, -0.1) is 0 Å². The molecule has 0 aliphatic carbocycles. The van der Waals surface area contributed by atoms with Crippen molar-refractivity contribution in [3.05, 3.63) is 105 Å². The lowest BCUT2D eigenvalue weighted by atomic mass is 10.1. The third-order valence-corrected chi connectivity index (χ3v) is 6.21. The second kappa shape index (κ2) is 9.15. The Labute approximate surface area is 191 Å². The standard InChI is InChI=1S/C25H22Cl2N2O2/c1-16-22(14-28-13-17-6-8-18(9-7-17)25(30)31)21-4-2-3-5-24(21)29(16)15-19-10-11-20(26)12-23(19)27/h2-12,28H,13-15H2,1H3,(H,30,31). The molecular formula is C25H22Cl2N2O2. The van der Waals surface area contributed by atoms with Gasteiger partial charge in [0.2, 0.25) is 0 Å². The van der Waals surface area contributed by atoms with Gasteiger partial charge in [-0.3, -0.25) is 0 Å². The van der Waals surface area contributed by atoms with Crippen LogP contribution in [-0.2, 0) is 19.6 Å². The van der Waals surface area contributed by atoms with Crippen molar-refractivity contribution in [2.75, 3.05) is 0 Å². The van der Waals surface area contributed by atoms with Crippen molar-refractivity contribution in [3.63, 3.8) is 0 Å². The fourth-order valence-corrected chi connectivity index (χ4v) is 4.41. The number of nitrogens with zero attached hydrogens (tertiary/aromatic N) is 1. The molecule has 1 heterocycles. The van der Waals surface area contributed by atoms with Gasteiger partial charge in [0.1, 0.15) is 13.1 Å². The molecule has 158 valence electrons. The average Bonchev–Trinajstić information content (AvgIpc) is 3.02. The molecular weight excluding hydrogens is 431 g/mol. The van der Waals surface area contributed by atoms with E-state index in [9.17, 15) is 9.90 Å². The number of aromatic carboxylic acids is 1. The van der Waals surface area contributed by atoms with Crippen LogP contribution >= 0.6 is 23.2 Å². The van der Waals surface area contributed by atoms with Crippen LogP contribution in [0.4, 0.5) is 0 Å². The zero-order chi connectivity index (χ0) is 22.0. The van der Waals surface area contributed by atoms with Crippen molar-refractivity contribution in [2.24, 2.45) is 0 Å². The third kappa shape index (κ3) is 4.62. The number of carboxylic acids is 1. The van der Waals surface area contributed by atoms with Gasteiger partial charge in [-0.2, -0.15) is 0 Å². The molecule has 0 spiro atoms. The van der Waals surface area contributed by atoms with E-state index in [1.165, 1.54) is 22.2 Å². The summed E-state index contributed by atoms with van der Waals surface area (Å²) in [5.74, 6) is -1.15. The van der Waals surface area contributed by atoms with Gasteiger partial charge in [0, 0.05) is 44.3 Å². The summed E-state index contributed by atoms with van der Waals surface area (Å²) in [4.78, 5) is 10.9. The zero-order valence-corrected chi connectivity index (χ0v) is 18.6. The van der Waals surface area contributed by atoms with Crippen molar-refractivity contribution >= 4 is 40.1 Å². The molecule has 1 aromatic heterocycles. The Balaban J connectivity index is 1.56. The first kappa shape index (κ1) is 21.4. The molecule has 4 aromatic rings. The van der Waals surface area contributed by atoms with E-state index < -0.39 is 5.97 Å². The van der Waals surface area contributed by atoms with Crippen molar-refractivity contribution < 1.29 is 15.2 Å². The third-order valence-electron chi connectivity index (χ3n) is 5.62. The molecule has 0 atom stereocenters. The van der Waals surface area contributed by atoms with Crippen LogP contribution in [0.25, 0.3) is 10.9 Å². The maximum absolute atomic E-state index is 10.9. The lowest BCUT2D eigenvalue weighted by molar-refractivity contribution is -0.686. The minimum Gasteiger partial charge on any atom is -0.545 e.